The lowest BCUT2D eigenvalue weighted by Crippen LogP contribution is -2.32. The Morgan fingerprint density at radius 3 is 2.81 bits per heavy atom. The van der Waals surface area contributed by atoms with E-state index in [0.29, 0.717) is 17.2 Å². The predicted octanol–water partition coefficient (Wildman–Crippen LogP) is 4.81. The van der Waals surface area contributed by atoms with Crippen LogP contribution in [0, 0.1) is 11.6 Å². The number of H-pyrrole nitrogens is 1. The molecule has 1 aliphatic rings. The van der Waals surface area contributed by atoms with Crippen LogP contribution < -0.4 is 0 Å². The average Bonchev–Trinajstić information content (AvgIpc) is 3.33. The quantitative estimate of drug-likeness (QED) is 0.728. The molecule has 0 unspecified atom stereocenters. The highest BCUT2D eigenvalue weighted by atomic mass is 19.2. The highest BCUT2D eigenvalue weighted by molar-refractivity contribution is 5.79. The van der Waals surface area contributed by atoms with Crippen molar-refractivity contribution in [1.29, 1.82) is 0 Å². The summed E-state index contributed by atoms with van der Waals surface area (Å²) in [6.07, 6.45) is 5.49. The summed E-state index contributed by atoms with van der Waals surface area (Å²) in [6, 6.07) is 6.15. The molecule has 1 saturated heterocycles. The van der Waals surface area contributed by atoms with Gasteiger partial charge in [0.1, 0.15) is 0 Å². The van der Waals surface area contributed by atoms with Crippen molar-refractivity contribution >= 4 is 0 Å². The molecule has 26 heavy (non-hydrogen) atoms. The zero-order valence-corrected chi connectivity index (χ0v) is 14.6. The van der Waals surface area contributed by atoms with Crippen LogP contribution in [0.1, 0.15) is 31.4 Å². The monoisotopic (exact) mass is 357 g/mol. The summed E-state index contributed by atoms with van der Waals surface area (Å²) in [6.45, 7) is 5.46. The molecule has 0 bridgehead atoms. The molecule has 6 heteroatoms. The van der Waals surface area contributed by atoms with E-state index >= 15 is 0 Å². The van der Waals surface area contributed by atoms with Gasteiger partial charge in [-0.2, -0.15) is 0 Å². The van der Waals surface area contributed by atoms with Crippen molar-refractivity contribution in [3.63, 3.8) is 0 Å². The van der Waals surface area contributed by atoms with Crippen LogP contribution in [0.3, 0.4) is 0 Å². The second-order valence-corrected chi connectivity index (χ2v) is 6.72. The second-order valence-electron chi connectivity index (χ2n) is 6.72. The van der Waals surface area contributed by atoms with Gasteiger partial charge >= 0.3 is 0 Å². The molecule has 1 aliphatic heterocycles. The minimum Gasteiger partial charge on any atom is -0.364 e. The molecule has 1 N–H and O–H groups in total. The minimum absolute atomic E-state index is 0.153. The molecule has 4 rings (SSSR count). The third-order valence-corrected chi connectivity index (χ3v) is 5.25. The number of nitrogens with zero attached hydrogens (tertiary/aromatic N) is 2. The molecular formula is C20H21F2N3O. The van der Waals surface area contributed by atoms with E-state index < -0.39 is 11.6 Å². The van der Waals surface area contributed by atoms with Gasteiger partial charge in [0.15, 0.2) is 17.4 Å². The Morgan fingerprint density at radius 2 is 2.04 bits per heavy atom. The molecule has 0 radical (unpaired) electrons. The number of piperidine rings is 1. The lowest BCUT2D eigenvalue weighted by molar-refractivity contribution is 0.221. The Labute approximate surface area is 150 Å². The summed E-state index contributed by atoms with van der Waals surface area (Å²) in [5, 5.41) is 3.80. The number of benzene rings is 1. The van der Waals surface area contributed by atoms with Gasteiger partial charge in [0, 0.05) is 28.9 Å². The van der Waals surface area contributed by atoms with Crippen LogP contribution in [0.2, 0.25) is 0 Å². The maximum Gasteiger partial charge on any atom is 0.176 e. The van der Waals surface area contributed by atoms with E-state index in [1.807, 2.05) is 12.3 Å². The third kappa shape index (κ3) is 3.05. The van der Waals surface area contributed by atoms with Crippen LogP contribution >= 0.6 is 0 Å². The molecule has 1 aromatic carbocycles. The average molecular weight is 357 g/mol. The maximum absolute atomic E-state index is 14.2. The Kier molecular flexibility index (Phi) is 4.59. The SMILES string of the molecule is CCN1CCC(c2cc(-c3oncc3-c3cccc(F)c3F)c[nH]2)CC1. The molecule has 0 spiro atoms. The first-order chi connectivity index (χ1) is 12.7. The summed E-state index contributed by atoms with van der Waals surface area (Å²) in [5.74, 6) is -0.849. The van der Waals surface area contributed by atoms with Gasteiger partial charge in [0.2, 0.25) is 0 Å². The van der Waals surface area contributed by atoms with Gasteiger partial charge in [-0.1, -0.05) is 24.2 Å². The highest BCUT2D eigenvalue weighted by Crippen LogP contribution is 2.36. The van der Waals surface area contributed by atoms with Crippen molar-refractivity contribution in [2.24, 2.45) is 0 Å². The molecule has 3 heterocycles. The van der Waals surface area contributed by atoms with E-state index in [2.05, 4.69) is 22.0 Å². The largest absolute Gasteiger partial charge is 0.364 e. The first-order valence-corrected chi connectivity index (χ1v) is 8.97. The van der Waals surface area contributed by atoms with Gasteiger partial charge < -0.3 is 14.4 Å². The van der Waals surface area contributed by atoms with Gasteiger partial charge in [-0.15, -0.1) is 0 Å². The van der Waals surface area contributed by atoms with E-state index in [9.17, 15) is 8.78 Å². The van der Waals surface area contributed by atoms with Crippen LogP contribution in [-0.2, 0) is 0 Å². The maximum atomic E-state index is 14.2. The van der Waals surface area contributed by atoms with Crippen LogP contribution in [0.15, 0.2) is 41.2 Å². The zero-order chi connectivity index (χ0) is 18.1. The fraction of sp³-hybridized carbons (Fsp3) is 0.350. The number of nitrogens with one attached hydrogen (secondary N) is 1. The fourth-order valence-corrected chi connectivity index (χ4v) is 3.69. The number of likely N-dealkylation sites (tertiary alicyclic amines) is 1. The van der Waals surface area contributed by atoms with E-state index in [1.54, 1.807) is 0 Å². The molecule has 4 nitrogen and oxygen atoms in total. The second kappa shape index (κ2) is 7.03. The van der Waals surface area contributed by atoms with Crippen LogP contribution in [0.25, 0.3) is 22.5 Å². The van der Waals surface area contributed by atoms with Crippen LogP contribution in [0.5, 0.6) is 0 Å². The Morgan fingerprint density at radius 1 is 1.23 bits per heavy atom. The van der Waals surface area contributed by atoms with Crippen molar-refractivity contribution in [2.45, 2.75) is 25.7 Å². The summed E-state index contributed by atoms with van der Waals surface area (Å²) in [4.78, 5) is 5.77. The Hall–Kier alpha value is -2.47. The predicted molar refractivity (Wildman–Crippen MR) is 95.7 cm³/mol. The smallest absolute Gasteiger partial charge is 0.176 e. The summed E-state index contributed by atoms with van der Waals surface area (Å²) >= 11 is 0. The van der Waals surface area contributed by atoms with Gasteiger partial charge in [-0.3, -0.25) is 0 Å². The fourth-order valence-electron chi connectivity index (χ4n) is 3.69. The number of halogens is 2. The molecular weight excluding hydrogens is 336 g/mol. The summed E-state index contributed by atoms with van der Waals surface area (Å²) in [7, 11) is 0. The van der Waals surface area contributed by atoms with E-state index in [0.717, 1.165) is 49.8 Å². The minimum atomic E-state index is -0.889. The molecule has 0 saturated carbocycles. The number of hydrogen-bond acceptors (Lipinski definition) is 3. The topological polar surface area (TPSA) is 45.1 Å². The number of hydrogen-bond donors (Lipinski definition) is 1. The number of aromatic nitrogens is 2. The highest BCUT2D eigenvalue weighted by Gasteiger charge is 2.23. The van der Waals surface area contributed by atoms with E-state index in [-0.39, 0.29) is 5.56 Å². The zero-order valence-electron chi connectivity index (χ0n) is 14.6. The van der Waals surface area contributed by atoms with Crippen LogP contribution in [-0.4, -0.2) is 34.7 Å². The molecule has 0 atom stereocenters. The first kappa shape index (κ1) is 17.0. The third-order valence-electron chi connectivity index (χ3n) is 5.25. The van der Waals surface area contributed by atoms with Crippen molar-refractivity contribution in [1.82, 2.24) is 15.0 Å². The Bertz CT molecular complexity index is 894. The lowest BCUT2D eigenvalue weighted by atomic mass is 9.93. The van der Waals surface area contributed by atoms with Gasteiger partial charge in [-0.25, -0.2) is 8.78 Å². The molecule has 0 aliphatic carbocycles. The van der Waals surface area contributed by atoms with Gasteiger partial charge in [0.25, 0.3) is 0 Å². The molecule has 3 aromatic rings. The Balaban J connectivity index is 1.62. The summed E-state index contributed by atoms with van der Waals surface area (Å²) in [5.41, 5.74) is 2.56. The van der Waals surface area contributed by atoms with Gasteiger partial charge in [0.05, 0.1) is 11.8 Å². The van der Waals surface area contributed by atoms with Crippen molar-refractivity contribution in [3.8, 4) is 22.5 Å². The molecule has 136 valence electrons. The normalized spacial score (nSPS) is 16.3. The van der Waals surface area contributed by atoms with Gasteiger partial charge in [-0.05, 0) is 44.6 Å². The lowest BCUT2D eigenvalue weighted by Gasteiger charge is -2.30. The number of aromatic amines is 1. The standard InChI is InChI=1S/C20H21F2N3O/c1-2-25-8-6-13(7-9-25)18-10-14(11-23-18)20-16(12-24-26-20)15-4-3-5-17(21)19(15)22/h3-5,10-13,23H,2,6-9H2,1H3. The van der Waals surface area contributed by atoms with E-state index in [4.69, 9.17) is 4.52 Å². The van der Waals surface area contributed by atoms with Crippen LogP contribution in [0.4, 0.5) is 8.78 Å². The van der Waals surface area contributed by atoms with E-state index in [1.165, 1.54) is 18.3 Å². The van der Waals surface area contributed by atoms with Crippen molar-refractivity contribution < 1.29 is 13.3 Å². The van der Waals surface area contributed by atoms with Crippen molar-refractivity contribution in [2.75, 3.05) is 19.6 Å². The molecule has 0 amide bonds. The summed E-state index contributed by atoms with van der Waals surface area (Å²) < 4.78 is 33.1. The number of rotatable bonds is 4. The van der Waals surface area contributed by atoms with Crippen molar-refractivity contribution in [3.05, 3.63) is 54.0 Å². The molecule has 2 aromatic heterocycles. The molecule has 1 fully saturated rings. The first-order valence-electron chi connectivity index (χ1n) is 8.97.